The van der Waals surface area contributed by atoms with Gasteiger partial charge in [0, 0.05) is 5.25 Å². The predicted octanol–water partition coefficient (Wildman–Crippen LogP) is 2.94. The molecule has 0 fully saturated rings. The second kappa shape index (κ2) is 20.8. The first-order valence-corrected chi connectivity index (χ1v) is 12.5. The van der Waals surface area contributed by atoms with Crippen molar-refractivity contribution >= 4 is 10.1 Å². The molecule has 0 aromatic heterocycles. The molecule has 0 amide bonds. The Labute approximate surface area is 211 Å². The number of aliphatic hydroxyl groups is 1. The van der Waals surface area contributed by atoms with Crippen LogP contribution in [0.2, 0.25) is 0 Å². The van der Waals surface area contributed by atoms with Crippen molar-refractivity contribution in [2.24, 2.45) is 0 Å². The van der Waals surface area contributed by atoms with E-state index < -0.39 is 15.4 Å². The molecule has 0 saturated heterocycles. The Morgan fingerprint density at radius 2 is 1.07 bits per heavy atom. The summed E-state index contributed by atoms with van der Waals surface area (Å²) in [4.78, 5) is 0. The first-order chi connectivity index (χ1) is 12.4. The quantitative estimate of drug-likeness (QED) is 0.194. The van der Waals surface area contributed by atoms with Crippen LogP contribution in [0.4, 0.5) is 0 Å². The molecular weight excluding hydrogens is 387 g/mol. The number of unbranched alkanes of at least 4 members (excludes halogenated alkanes) is 11. The molecule has 0 bridgehead atoms. The molecular formula is C21H43KO4S. The first kappa shape index (κ1) is 30.7. The molecule has 0 aliphatic heterocycles. The fourth-order valence-electron chi connectivity index (χ4n) is 3.48. The van der Waals surface area contributed by atoms with E-state index in [4.69, 9.17) is 0 Å². The number of hydrogen-bond donors (Lipinski definition) is 1. The van der Waals surface area contributed by atoms with Crippen molar-refractivity contribution < 1.29 is 69.5 Å². The van der Waals surface area contributed by atoms with Gasteiger partial charge < -0.3 is 9.66 Å². The van der Waals surface area contributed by atoms with Gasteiger partial charge in [-0.2, -0.15) is 0 Å². The predicted molar refractivity (Wildman–Crippen MR) is 109 cm³/mol. The zero-order valence-corrected chi connectivity index (χ0v) is 22.2. The second-order valence-electron chi connectivity index (χ2n) is 7.79. The topological polar surface area (TPSA) is 77.4 Å². The third kappa shape index (κ3) is 20.6. The van der Waals surface area contributed by atoms with Gasteiger partial charge in [-0.1, -0.05) is 97.3 Å². The van der Waals surface area contributed by atoms with E-state index in [0.29, 0.717) is 12.8 Å². The largest absolute Gasteiger partial charge is 1.00 e. The van der Waals surface area contributed by atoms with Crippen molar-refractivity contribution in [3.05, 3.63) is 0 Å². The van der Waals surface area contributed by atoms with Crippen LogP contribution in [0.5, 0.6) is 0 Å². The van der Waals surface area contributed by atoms with Crippen LogP contribution in [0.1, 0.15) is 123 Å². The van der Waals surface area contributed by atoms with Gasteiger partial charge in [-0.25, -0.2) is 8.42 Å². The summed E-state index contributed by atoms with van der Waals surface area (Å²) >= 11 is 0. The maximum absolute atomic E-state index is 11.1. The normalized spacial score (nSPS) is 13.9. The van der Waals surface area contributed by atoms with Gasteiger partial charge in [0.15, 0.2) is 0 Å². The minimum Gasteiger partial charge on any atom is -0.748 e. The van der Waals surface area contributed by atoms with Crippen LogP contribution in [-0.2, 0) is 10.1 Å². The summed E-state index contributed by atoms with van der Waals surface area (Å²) in [5.41, 5.74) is 0. The van der Waals surface area contributed by atoms with E-state index in [1.54, 1.807) is 0 Å². The molecule has 0 saturated carbocycles. The van der Waals surface area contributed by atoms with Crippen molar-refractivity contribution in [3.8, 4) is 0 Å². The summed E-state index contributed by atoms with van der Waals surface area (Å²) in [7, 11) is -4.11. The van der Waals surface area contributed by atoms with Crippen LogP contribution < -0.4 is 51.4 Å². The average molecular weight is 431 g/mol. The van der Waals surface area contributed by atoms with Crippen LogP contribution in [0.15, 0.2) is 0 Å². The standard InChI is InChI=1S/C21H44O4S.K/c1-3-17-21(26(23,24)25)19-16-14-12-10-8-6-5-7-9-11-13-15-18-20(22)4-2;/h20-22H,3-19H2,1-2H3,(H,23,24,25);/q;+1/p-1. The Morgan fingerprint density at radius 1 is 0.704 bits per heavy atom. The Morgan fingerprint density at radius 3 is 1.41 bits per heavy atom. The fraction of sp³-hybridized carbons (Fsp3) is 1.00. The Kier molecular flexibility index (Phi) is 23.6. The number of rotatable bonds is 19. The molecule has 158 valence electrons. The Hall–Kier alpha value is 1.51. The molecule has 0 spiro atoms. The van der Waals surface area contributed by atoms with E-state index in [9.17, 15) is 18.1 Å². The van der Waals surface area contributed by atoms with Crippen molar-refractivity contribution in [2.75, 3.05) is 0 Å². The van der Waals surface area contributed by atoms with Gasteiger partial charge in [-0.15, -0.1) is 0 Å². The monoisotopic (exact) mass is 430 g/mol. The zero-order valence-electron chi connectivity index (χ0n) is 18.3. The van der Waals surface area contributed by atoms with E-state index in [1.807, 2.05) is 13.8 Å². The molecule has 6 heteroatoms. The molecule has 27 heavy (non-hydrogen) atoms. The SMILES string of the molecule is CCCC(CCCCCCCCCCCCCCC(O)CC)S(=O)(=O)[O-].[K+]. The van der Waals surface area contributed by atoms with Crippen LogP contribution >= 0.6 is 0 Å². The van der Waals surface area contributed by atoms with Crippen LogP contribution in [-0.4, -0.2) is 29.4 Å². The van der Waals surface area contributed by atoms with E-state index in [1.165, 1.54) is 51.4 Å². The van der Waals surface area contributed by atoms with Gasteiger partial charge in [-0.05, 0) is 25.7 Å². The summed E-state index contributed by atoms with van der Waals surface area (Å²) in [6.07, 6.45) is 18.0. The minimum atomic E-state index is -4.11. The fourth-order valence-corrected chi connectivity index (χ4v) is 4.46. The molecule has 0 aromatic carbocycles. The van der Waals surface area contributed by atoms with Crippen molar-refractivity contribution in [1.82, 2.24) is 0 Å². The maximum atomic E-state index is 11.1. The van der Waals surface area contributed by atoms with Gasteiger partial charge >= 0.3 is 51.4 Å². The first-order valence-electron chi connectivity index (χ1n) is 11.0. The van der Waals surface area contributed by atoms with Gasteiger partial charge in [0.05, 0.1) is 16.2 Å². The average Bonchev–Trinajstić information content (AvgIpc) is 2.59. The molecule has 2 unspecified atom stereocenters. The summed E-state index contributed by atoms with van der Waals surface area (Å²) in [5.74, 6) is 0. The Balaban J connectivity index is 0. The molecule has 0 radical (unpaired) electrons. The maximum Gasteiger partial charge on any atom is 1.00 e. The molecule has 0 aromatic rings. The number of hydrogen-bond acceptors (Lipinski definition) is 4. The summed E-state index contributed by atoms with van der Waals surface area (Å²) in [6, 6.07) is 0. The van der Waals surface area contributed by atoms with Crippen LogP contribution in [0, 0.1) is 0 Å². The van der Waals surface area contributed by atoms with Crippen LogP contribution in [0.3, 0.4) is 0 Å². The summed E-state index contributed by atoms with van der Waals surface area (Å²) < 4.78 is 33.4. The molecule has 0 aliphatic carbocycles. The van der Waals surface area contributed by atoms with E-state index >= 15 is 0 Å². The van der Waals surface area contributed by atoms with Gasteiger partial charge in [0.2, 0.25) is 0 Å². The molecule has 0 heterocycles. The van der Waals surface area contributed by atoms with E-state index in [-0.39, 0.29) is 57.5 Å². The molecule has 0 aliphatic rings. The molecule has 0 rings (SSSR count). The van der Waals surface area contributed by atoms with Gasteiger partial charge in [-0.3, -0.25) is 0 Å². The van der Waals surface area contributed by atoms with Gasteiger partial charge in [0.1, 0.15) is 0 Å². The van der Waals surface area contributed by atoms with Crippen molar-refractivity contribution in [2.45, 2.75) is 134 Å². The van der Waals surface area contributed by atoms with E-state index in [0.717, 1.165) is 44.9 Å². The third-order valence-electron chi connectivity index (χ3n) is 5.30. The molecule has 4 nitrogen and oxygen atoms in total. The third-order valence-corrected chi connectivity index (χ3v) is 6.59. The Bertz CT molecular complexity index is 401. The van der Waals surface area contributed by atoms with Gasteiger partial charge in [0.25, 0.3) is 0 Å². The summed E-state index contributed by atoms with van der Waals surface area (Å²) in [5, 5.41) is 8.81. The zero-order chi connectivity index (χ0) is 19.7. The smallest absolute Gasteiger partial charge is 0.748 e. The van der Waals surface area contributed by atoms with E-state index in [2.05, 4.69) is 0 Å². The minimum absolute atomic E-state index is 0. The van der Waals surface area contributed by atoms with Crippen LogP contribution in [0.25, 0.3) is 0 Å². The molecule has 2 atom stereocenters. The molecule has 1 N–H and O–H groups in total. The van der Waals surface area contributed by atoms with Crippen molar-refractivity contribution in [1.29, 1.82) is 0 Å². The second-order valence-corrected chi connectivity index (χ2v) is 9.44. The summed E-state index contributed by atoms with van der Waals surface area (Å²) in [6.45, 7) is 3.96. The number of aliphatic hydroxyl groups excluding tert-OH is 1. The van der Waals surface area contributed by atoms with Crippen molar-refractivity contribution in [3.63, 3.8) is 0 Å².